The molecule has 0 amide bonds. The Morgan fingerprint density at radius 3 is 2.50 bits per heavy atom. The van der Waals surface area contributed by atoms with Crippen LogP contribution in [0.4, 0.5) is 4.39 Å². The summed E-state index contributed by atoms with van der Waals surface area (Å²) in [6.45, 7) is 4.09. The van der Waals surface area contributed by atoms with E-state index in [-0.39, 0.29) is 11.9 Å². The Morgan fingerprint density at radius 2 is 2.00 bits per heavy atom. The molecule has 1 rings (SSSR count). The molecule has 14 heavy (non-hydrogen) atoms. The Hall–Kier alpha value is -0.890. The molecular formula is C12H18FN. The fourth-order valence-electron chi connectivity index (χ4n) is 1.41. The van der Waals surface area contributed by atoms with Crippen LogP contribution in [0, 0.1) is 5.82 Å². The van der Waals surface area contributed by atoms with Gasteiger partial charge >= 0.3 is 0 Å². The summed E-state index contributed by atoms with van der Waals surface area (Å²) >= 11 is 0. The molecule has 78 valence electrons. The first kappa shape index (κ1) is 11.2. The van der Waals surface area contributed by atoms with Crippen LogP contribution in [-0.2, 0) is 6.42 Å². The highest BCUT2D eigenvalue weighted by atomic mass is 19.1. The maximum Gasteiger partial charge on any atom is 0.127 e. The first-order chi connectivity index (χ1) is 6.56. The van der Waals surface area contributed by atoms with E-state index in [2.05, 4.69) is 6.92 Å². The number of halogens is 1. The van der Waals surface area contributed by atoms with Crippen LogP contribution in [0.15, 0.2) is 18.2 Å². The van der Waals surface area contributed by atoms with Crippen LogP contribution < -0.4 is 0 Å². The predicted octanol–water partition coefficient (Wildman–Crippen LogP) is 3.01. The number of hydrogen-bond acceptors (Lipinski definition) is 1. The number of benzene rings is 1. The van der Waals surface area contributed by atoms with E-state index in [1.807, 2.05) is 38.1 Å². The zero-order valence-corrected chi connectivity index (χ0v) is 9.34. The highest BCUT2D eigenvalue weighted by molar-refractivity contribution is 5.27. The Morgan fingerprint density at radius 1 is 1.36 bits per heavy atom. The summed E-state index contributed by atoms with van der Waals surface area (Å²) in [4.78, 5) is 2.01. The van der Waals surface area contributed by atoms with Gasteiger partial charge in [0.25, 0.3) is 0 Å². The molecule has 0 spiro atoms. The van der Waals surface area contributed by atoms with Gasteiger partial charge in [0.2, 0.25) is 0 Å². The average molecular weight is 195 g/mol. The van der Waals surface area contributed by atoms with E-state index in [0.29, 0.717) is 0 Å². The van der Waals surface area contributed by atoms with Gasteiger partial charge in [-0.05, 0) is 39.1 Å². The van der Waals surface area contributed by atoms with E-state index in [1.54, 1.807) is 6.07 Å². The average Bonchev–Trinajstić information content (AvgIpc) is 2.17. The lowest BCUT2D eigenvalue weighted by Crippen LogP contribution is -2.18. The van der Waals surface area contributed by atoms with E-state index in [4.69, 9.17) is 0 Å². The SMILES string of the molecule is CCc1ccc(F)c(C(C)N(C)C)c1. The Kier molecular flexibility index (Phi) is 3.64. The van der Waals surface area contributed by atoms with Gasteiger partial charge < -0.3 is 4.90 Å². The van der Waals surface area contributed by atoms with Crippen molar-refractivity contribution < 1.29 is 4.39 Å². The summed E-state index contributed by atoms with van der Waals surface area (Å²) < 4.78 is 13.5. The molecule has 1 aromatic carbocycles. The molecule has 0 N–H and O–H groups in total. The van der Waals surface area contributed by atoms with Crippen LogP contribution >= 0.6 is 0 Å². The normalized spacial score (nSPS) is 13.3. The Labute approximate surface area is 85.5 Å². The van der Waals surface area contributed by atoms with Crippen molar-refractivity contribution in [3.05, 3.63) is 35.1 Å². The van der Waals surface area contributed by atoms with E-state index < -0.39 is 0 Å². The van der Waals surface area contributed by atoms with Crippen molar-refractivity contribution in [3.8, 4) is 0 Å². The molecule has 1 nitrogen and oxygen atoms in total. The minimum Gasteiger partial charge on any atom is -0.303 e. The molecule has 0 fully saturated rings. The molecule has 0 radical (unpaired) electrons. The largest absolute Gasteiger partial charge is 0.303 e. The molecule has 0 aliphatic heterocycles. The van der Waals surface area contributed by atoms with Crippen LogP contribution in [0.25, 0.3) is 0 Å². The smallest absolute Gasteiger partial charge is 0.127 e. The lowest BCUT2D eigenvalue weighted by Gasteiger charge is -2.21. The van der Waals surface area contributed by atoms with Crippen molar-refractivity contribution in [2.45, 2.75) is 26.3 Å². The standard InChI is InChI=1S/C12H18FN/c1-5-10-6-7-12(13)11(8-10)9(2)14(3)4/h6-9H,5H2,1-4H3. The molecule has 0 aromatic heterocycles. The van der Waals surface area contributed by atoms with Gasteiger partial charge in [-0.1, -0.05) is 19.1 Å². The van der Waals surface area contributed by atoms with Crippen molar-refractivity contribution >= 4 is 0 Å². The molecule has 0 bridgehead atoms. The van der Waals surface area contributed by atoms with E-state index in [1.165, 1.54) is 5.56 Å². The van der Waals surface area contributed by atoms with Crippen LogP contribution in [0.5, 0.6) is 0 Å². The van der Waals surface area contributed by atoms with E-state index in [0.717, 1.165) is 12.0 Å². The maximum absolute atomic E-state index is 13.5. The van der Waals surface area contributed by atoms with Gasteiger partial charge in [-0.2, -0.15) is 0 Å². The monoisotopic (exact) mass is 195 g/mol. The third-order valence-corrected chi connectivity index (χ3v) is 2.69. The first-order valence-electron chi connectivity index (χ1n) is 5.01. The fraction of sp³-hybridized carbons (Fsp3) is 0.500. The second-order valence-electron chi connectivity index (χ2n) is 3.85. The molecule has 0 saturated carbocycles. The van der Waals surface area contributed by atoms with Crippen LogP contribution in [0.2, 0.25) is 0 Å². The lowest BCUT2D eigenvalue weighted by atomic mass is 10.0. The minimum atomic E-state index is -0.108. The molecule has 1 atom stereocenters. The molecule has 0 heterocycles. The molecular weight excluding hydrogens is 177 g/mol. The lowest BCUT2D eigenvalue weighted by molar-refractivity contribution is 0.313. The quantitative estimate of drug-likeness (QED) is 0.716. The van der Waals surface area contributed by atoms with Crippen molar-refractivity contribution in [3.63, 3.8) is 0 Å². The summed E-state index contributed by atoms with van der Waals surface area (Å²) in [7, 11) is 3.92. The van der Waals surface area contributed by atoms with Crippen molar-refractivity contribution in [2.75, 3.05) is 14.1 Å². The molecule has 2 heteroatoms. The van der Waals surface area contributed by atoms with Gasteiger partial charge in [-0.25, -0.2) is 4.39 Å². The second-order valence-corrected chi connectivity index (χ2v) is 3.85. The highest BCUT2D eigenvalue weighted by Crippen LogP contribution is 2.22. The minimum absolute atomic E-state index is 0.108. The summed E-state index contributed by atoms with van der Waals surface area (Å²) in [5, 5.41) is 0. The molecule has 1 unspecified atom stereocenters. The zero-order valence-electron chi connectivity index (χ0n) is 9.34. The number of nitrogens with zero attached hydrogens (tertiary/aromatic N) is 1. The number of rotatable bonds is 3. The van der Waals surface area contributed by atoms with Gasteiger partial charge in [0.1, 0.15) is 5.82 Å². The van der Waals surface area contributed by atoms with Gasteiger partial charge in [-0.15, -0.1) is 0 Å². The van der Waals surface area contributed by atoms with Crippen LogP contribution in [0.3, 0.4) is 0 Å². The summed E-state index contributed by atoms with van der Waals surface area (Å²) in [5.74, 6) is -0.108. The van der Waals surface area contributed by atoms with Crippen molar-refractivity contribution in [2.24, 2.45) is 0 Å². The molecule has 0 aliphatic carbocycles. The first-order valence-corrected chi connectivity index (χ1v) is 5.01. The molecule has 1 aromatic rings. The molecule has 0 aliphatic rings. The zero-order chi connectivity index (χ0) is 10.7. The predicted molar refractivity (Wildman–Crippen MR) is 57.9 cm³/mol. The van der Waals surface area contributed by atoms with Gasteiger partial charge in [-0.3, -0.25) is 0 Å². The molecule has 0 saturated heterocycles. The third-order valence-electron chi connectivity index (χ3n) is 2.69. The van der Waals surface area contributed by atoms with E-state index in [9.17, 15) is 4.39 Å². The highest BCUT2D eigenvalue weighted by Gasteiger charge is 2.12. The second kappa shape index (κ2) is 4.56. The number of aryl methyl sites for hydroxylation is 1. The summed E-state index contributed by atoms with van der Waals surface area (Å²) in [6, 6.07) is 5.50. The van der Waals surface area contributed by atoms with Crippen molar-refractivity contribution in [1.82, 2.24) is 4.90 Å². The Balaban J connectivity index is 3.05. The third kappa shape index (κ3) is 2.32. The maximum atomic E-state index is 13.5. The number of hydrogen-bond donors (Lipinski definition) is 0. The van der Waals surface area contributed by atoms with Crippen LogP contribution in [0.1, 0.15) is 31.0 Å². The Bertz CT molecular complexity index is 307. The van der Waals surface area contributed by atoms with Gasteiger partial charge in [0.15, 0.2) is 0 Å². The topological polar surface area (TPSA) is 3.24 Å². The van der Waals surface area contributed by atoms with Crippen molar-refractivity contribution in [1.29, 1.82) is 0 Å². The summed E-state index contributed by atoms with van der Waals surface area (Å²) in [6.07, 6.45) is 0.952. The van der Waals surface area contributed by atoms with Gasteiger partial charge in [0.05, 0.1) is 0 Å². The summed E-state index contributed by atoms with van der Waals surface area (Å²) in [5.41, 5.74) is 1.98. The van der Waals surface area contributed by atoms with Gasteiger partial charge in [0, 0.05) is 11.6 Å². The van der Waals surface area contributed by atoms with E-state index >= 15 is 0 Å². The fourth-order valence-corrected chi connectivity index (χ4v) is 1.41. The van der Waals surface area contributed by atoms with Crippen LogP contribution in [-0.4, -0.2) is 19.0 Å².